The maximum absolute atomic E-state index is 12.3. The normalized spacial score (nSPS) is 11.5. The number of esters is 2. The van der Waals surface area contributed by atoms with Gasteiger partial charge in [0.1, 0.15) is 5.75 Å². The Morgan fingerprint density at radius 3 is 2.24 bits per heavy atom. The molecule has 0 amide bonds. The minimum Gasteiger partial charge on any atom is -0.446 e. The van der Waals surface area contributed by atoms with Gasteiger partial charge in [0.25, 0.3) is 0 Å². The monoisotopic (exact) mass is 348 g/mol. The summed E-state index contributed by atoms with van der Waals surface area (Å²) in [6.45, 7) is 1.25. The fourth-order valence-electron chi connectivity index (χ4n) is 1.74. The lowest BCUT2D eigenvalue weighted by Crippen LogP contribution is -2.23. The van der Waals surface area contributed by atoms with Gasteiger partial charge < -0.3 is 9.47 Å². The van der Waals surface area contributed by atoms with Gasteiger partial charge in [0, 0.05) is 12.5 Å². The van der Waals surface area contributed by atoms with Gasteiger partial charge in [-0.15, -0.1) is 0 Å². The molecule has 4 nitrogen and oxygen atoms in total. The van der Waals surface area contributed by atoms with Gasteiger partial charge in [-0.3, -0.25) is 4.79 Å². The van der Waals surface area contributed by atoms with Crippen molar-refractivity contribution in [3.05, 3.63) is 64.6 Å². The second-order valence-electron chi connectivity index (χ2n) is 4.25. The first-order valence-corrected chi connectivity index (χ1v) is 7.05. The highest BCUT2D eigenvalue weighted by Gasteiger charge is 2.26. The lowest BCUT2D eigenvalue weighted by atomic mass is 10.1. The van der Waals surface area contributed by atoms with E-state index in [9.17, 15) is 9.59 Å². The Bertz CT molecular complexity index is 640. The summed E-state index contributed by atoms with van der Waals surface area (Å²) >= 11 is 3.30. The van der Waals surface area contributed by atoms with E-state index in [2.05, 4.69) is 15.9 Å². The molecule has 5 heteroatoms. The van der Waals surface area contributed by atoms with E-state index in [4.69, 9.17) is 9.47 Å². The molecule has 0 aliphatic rings. The van der Waals surface area contributed by atoms with Crippen LogP contribution < -0.4 is 4.74 Å². The summed E-state index contributed by atoms with van der Waals surface area (Å²) in [5, 5.41) is 0. The summed E-state index contributed by atoms with van der Waals surface area (Å²) in [7, 11) is 0. The van der Waals surface area contributed by atoms with Crippen LogP contribution in [0.5, 0.6) is 5.75 Å². The second kappa shape index (κ2) is 7.04. The van der Waals surface area contributed by atoms with Crippen molar-refractivity contribution in [1.82, 2.24) is 0 Å². The van der Waals surface area contributed by atoms with Gasteiger partial charge in [-0.2, -0.15) is 0 Å². The van der Waals surface area contributed by atoms with Crippen LogP contribution in [0.3, 0.4) is 0 Å². The lowest BCUT2D eigenvalue weighted by molar-refractivity contribution is -0.161. The molecule has 2 aromatic carbocycles. The van der Waals surface area contributed by atoms with Gasteiger partial charge in [-0.25, -0.2) is 4.79 Å². The van der Waals surface area contributed by atoms with Crippen LogP contribution in [0.15, 0.2) is 59.1 Å². The summed E-state index contributed by atoms with van der Waals surface area (Å²) in [6, 6.07) is 15.7. The van der Waals surface area contributed by atoms with Crippen LogP contribution in [0, 0.1) is 0 Å². The van der Waals surface area contributed by atoms with E-state index in [1.54, 1.807) is 42.5 Å². The summed E-state index contributed by atoms with van der Waals surface area (Å²) in [5.41, 5.74) is 0.560. The predicted octanol–water partition coefficient (Wildman–Crippen LogP) is 3.66. The predicted molar refractivity (Wildman–Crippen MR) is 80.7 cm³/mol. The van der Waals surface area contributed by atoms with Crippen molar-refractivity contribution in [2.24, 2.45) is 0 Å². The first kappa shape index (κ1) is 15.3. The number of halogens is 1. The maximum Gasteiger partial charge on any atom is 0.357 e. The van der Waals surface area contributed by atoms with Crippen molar-refractivity contribution in [3.8, 4) is 5.75 Å². The molecule has 2 rings (SSSR count). The SMILES string of the molecule is CC(=O)O[C@H](C(=O)Oc1ccccc1Br)c1ccccc1. The Morgan fingerprint density at radius 2 is 1.62 bits per heavy atom. The molecule has 108 valence electrons. The zero-order chi connectivity index (χ0) is 15.2. The first-order valence-electron chi connectivity index (χ1n) is 6.26. The molecule has 1 atom stereocenters. The van der Waals surface area contributed by atoms with E-state index < -0.39 is 18.0 Å². The van der Waals surface area contributed by atoms with E-state index in [1.807, 2.05) is 12.1 Å². The first-order chi connectivity index (χ1) is 10.1. The molecule has 0 N–H and O–H groups in total. The van der Waals surface area contributed by atoms with Crippen molar-refractivity contribution in [2.45, 2.75) is 13.0 Å². The molecule has 0 fully saturated rings. The molecular weight excluding hydrogens is 336 g/mol. The van der Waals surface area contributed by atoms with Crippen molar-refractivity contribution in [3.63, 3.8) is 0 Å². The quantitative estimate of drug-likeness (QED) is 0.624. The summed E-state index contributed by atoms with van der Waals surface area (Å²) in [4.78, 5) is 23.5. The zero-order valence-corrected chi connectivity index (χ0v) is 12.9. The number of hydrogen-bond donors (Lipinski definition) is 0. The van der Waals surface area contributed by atoms with Crippen LogP contribution in [0.1, 0.15) is 18.6 Å². The van der Waals surface area contributed by atoms with Crippen molar-refractivity contribution >= 4 is 27.9 Å². The highest BCUT2D eigenvalue weighted by atomic mass is 79.9. The average molecular weight is 349 g/mol. The molecule has 0 aromatic heterocycles. The van der Waals surface area contributed by atoms with E-state index in [0.717, 1.165) is 0 Å². The highest BCUT2D eigenvalue weighted by molar-refractivity contribution is 9.10. The smallest absolute Gasteiger partial charge is 0.357 e. The molecule has 0 saturated heterocycles. The minimum absolute atomic E-state index is 0.371. The van der Waals surface area contributed by atoms with Gasteiger partial charge in [0.05, 0.1) is 4.47 Å². The van der Waals surface area contributed by atoms with Gasteiger partial charge >= 0.3 is 11.9 Å². The number of hydrogen-bond acceptors (Lipinski definition) is 4. The molecule has 0 aliphatic heterocycles. The topological polar surface area (TPSA) is 52.6 Å². The number of carbonyl (C=O) groups excluding carboxylic acids is 2. The third-order valence-electron chi connectivity index (χ3n) is 2.65. The molecule has 2 aromatic rings. The van der Waals surface area contributed by atoms with E-state index in [-0.39, 0.29) is 0 Å². The molecular formula is C16H13BrO4. The third-order valence-corrected chi connectivity index (χ3v) is 3.30. The number of carbonyl (C=O) groups is 2. The standard InChI is InChI=1S/C16H13BrO4/c1-11(18)20-15(12-7-3-2-4-8-12)16(19)21-14-10-6-5-9-13(14)17/h2-10,15H,1H3/t15-/m0/s1. The van der Waals surface area contributed by atoms with E-state index in [1.165, 1.54) is 6.92 Å². The van der Waals surface area contributed by atoms with E-state index in [0.29, 0.717) is 15.8 Å². The molecule has 0 spiro atoms. The van der Waals surface area contributed by atoms with Crippen molar-refractivity contribution in [1.29, 1.82) is 0 Å². The minimum atomic E-state index is -1.09. The van der Waals surface area contributed by atoms with E-state index >= 15 is 0 Å². The Morgan fingerprint density at radius 1 is 1.00 bits per heavy atom. The van der Waals surface area contributed by atoms with Crippen molar-refractivity contribution in [2.75, 3.05) is 0 Å². The third kappa shape index (κ3) is 4.16. The summed E-state index contributed by atoms with van der Waals surface area (Å²) in [5.74, 6) is -0.827. The Labute approximate surface area is 130 Å². The van der Waals surface area contributed by atoms with Crippen LogP contribution in [0.4, 0.5) is 0 Å². The number of rotatable bonds is 4. The van der Waals surface area contributed by atoms with Crippen LogP contribution in [-0.2, 0) is 14.3 Å². The molecule has 0 unspecified atom stereocenters. The molecule has 0 radical (unpaired) electrons. The zero-order valence-electron chi connectivity index (χ0n) is 11.3. The second-order valence-corrected chi connectivity index (χ2v) is 5.11. The molecule has 0 heterocycles. The van der Waals surface area contributed by atoms with Crippen LogP contribution >= 0.6 is 15.9 Å². The fraction of sp³-hybridized carbons (Fsp3) is 0.125. The molecule has 0 aliphatic carbocycles. The largest absolute Gasteiger partial charge is 0.446 e. The lowest BCUT2D eigenvalue weighted by Gasteiger charge is -2.16. The van der Waals surface area contributed by atoms with Crippen molar-refractivity contribution < 1.29 is 19.1 Å². The average Bonchev–Trinajstić information content (AvgIpc) is 2.48. The van der Waals surface area contributed by atoms with Gasteiger partial charge in [0.2, 0.25) is 6.10 Å². The maximum atomic E-state index is 12.3. The Hall–Kier alpha value is -2.14. The molecule has 0 saturated carbocycles. The fourth-order valence-corrected chi connectivity index (χ4v) is 2.10. The summed E-state index contributed by atoms with van der Waals surface area (Å²) < 4.78 is 11.0. The van der Waals surface area contributed by atoms with Crippen LogP contribution in [0.25, 0.3) is 0 Å². The van der Waals surface area contributed by atoms with Crippen LogP contribution in [-0.4, -0.2) is 11.9 Å². The number of ether oxygens (including phenoxy) is 2. The van der Waals surface area contributed by atoms with Crippen LogP contribution in [0.2, 0.25) is 0 Å². The van der Waals surface area contributed by atoms with Gasteiger partial charge in [0.15, 0.2) is 0 Å². The Kier molecular flexibility index (Phi) is 5.11. The number of benzene rings is 2. The molecule has 21 heavy (non-hydrogen) atoms. The summed E-state index contributed by atoms with van der Waals surface area (Å²) in [6.07, 6.45) is -1.09. The molecule has 0 bridgehead atoms. The van der Waals surface area contributed by atoms with Gasteiger partial charge in [-0.1, -0.05) is 42.5 Å². The van der Waals surface area contributed by atoms with Gasteiger partial charge in [-0.05, 0) is 28.1 Å². The Balaban J connectivity index is 2.23. The number of para-hydroxylation sites is 1. The highest BCUT2D eigenvalue weighted by Crippen LogP contribution is 2.27.